The maximum atomic E-state index is 12.5. The van der Waals surface area contributed by atoms with E-state index in [1.54, 1.807) is 57.7 Å². The van der Waals surface area contributed by atoms with Gasteiger partial charge in [-0.1, -0.05) is 11.8 Å². The average Bonchev–Trinajstić information content (AvgIpc) is 2.97. The van der Waals surface area contributed by atoms with Gasteiger partial charge in [-0.25, -0.2) is 4.99 Å². The van der Waals surface area contributed by atoms with Crippen molar-refractivity contribution in [3.05, 3.63) is 48.5 Å². The molecule has 0 aliphatic carbocycles. The molecule has 146 valence electrons. The van der Waals surface area contributed by atoms with Crippen molar-refractivity contribution >= 4 is 40.1 Å². The van der Waals surface area contributed by atoms with Gasteiger partial charge in [0.1, 0.15) is 16.7 Å². The van der Waals surface area contributed by atoms with E-state index < -0.39 is 5.25 Å². The van der Waals surface area contributed by atoms with Crippen molar-refractivity contribution < 1.29 is 19.1 Å². The summed E-state index contributed by atoms with van der Waals surface area (Å²) in [5.74, 6) is 1.08. The van der Waals surface area contributed by atoms with Crippen molar-refractivity contribution in [3.8, 4) is 11.5 Å². The fraction of sp³-hybridized carbons (Fsp3) is 0.250. The molecular formula is C20H21N3O4S. The Labute approximate surface area is 167 Å². The number of nitrogens with one attached hydrogen (secondary N) is 1. The third kappa shape index (κ3) is 4.64. The van der Waals surface area contributed by atoms with Crippen LogP contribution in [0.4, 0.5) is 11.4 Å². The zero-order valence-electron chi connectivity index (χ0n) is 15.8. The van der Waals surface area contributed by atoms with E-state index in [0.717, 1.165) is 5.75 Å². The minimum atomic E-state index is -0.500. The predicted molar refractivity (Wildman–Crippen MR) is 110 cm³/mol. The van der Waals surface area contributed by atoms with E-state index in [2.05, 4.69) is 10.3 Å². The monoisotopic (exact) mass is 399 g/mol. The first-order valence-electron chi connectivity index (χ1n) is 8.61. The number of amidine groups is 1. The van der Waals surface area contributed by atoms with Gasteiger partial charge in [0, 0.05) is 19.2 Å². The molecule has 0 radical (unpaired) electrons. The van der Waals surface area contributed by atoms with E-state index in [-0.39, 0.29) is 18.2 Å². The number of ether oxygens (including phenoxy) is 2. The highest BCUT2D eigenvalue weighted by Gasteiger charge is 2.37. The van der Waals surface area contributed by atoms with Crippen molar-refractivity contribution in [2.45, 2.75) is 11.7 Å². The number of aliphatic imine (C=N–C) groups is 1. The van der Waals surface area contributed by atoms with Crippen LogP contribution in [-0.4, -0.2) is 48.4 Å². The number of rotatable bonds is 6. The first kappa shape index (κ1) is 19.8. The molecule has 1 heterocycles. The Balaban J connectivity index is 1.63. The highest BCUT2D eigenvalue weighted by atomic mass is 32.2. The topological polar surface area (TPSA) is 80.2 Å². The number of nitrogens with zero attached hydrogens (tertiary/aromatic N) is 2. The fourth-order valence-electron chi connectivity index (χ4n) is 2.62. The van der Waals surface area contributed by atoms with Gasteiger partial charge in [-0.05, 0) is 48.5 Å². The highest BCUT2D eigenvalue weighted by molar-refractivity contribution is 8.15. The van der Waals surface area contributed by atoms with Gasteiger partial charge in [-0.3, -0.25) is 14.5 Å². The smallest absolute Gasteiger partial charge is 0.242 e. The Morgan fingerprint density at radius 1 is 1.07 bits per heavy atom. The zero-order valence-corrected chi connectivity index (χ0v) is 16.7. The third-order valence-corrected chi connectivity index (χ3v) is 5.41. The molecule has 1 saturated heterocycles. The molecule has 28 heavy (non-hydrogen) atoms. The number of hydrogen-bond donors (Lipinski definition) is 1. The van der Waals surface area contributed by atoms with E-state index in [0.29, 0.717) is 22.3 Å². The molecule has 0 saturated carbocycles. The van der Waals surface area contributed by atoms with Crippen molar-refractivity contribution in [3.63, 3.8) is 0 Å². The molecule has 1 aliphatic rings. The van der Waals surface area contributed by atoms with Crippen LogP contribution in [0.1, 0.15) is 6.42 Å². The van der Waals surface area contributed by atoms with E-state index in [9.17, 15) is 9.59 Å². The van der Waals surface area contributed by atoms with E-state index in [4.69, 9.17) is 9.47 Å². The third-order valence-electron chi connectivity index (χ3n) is 4.18. The summed E-state index contributed by atoms with van der Waals surface area (Å²) < 4.78 is 10.2. The van der Waals surface area contributed by atoms with Crippen molar-refractivity contribution in [2.24, 2.45) is 4.99 Å². The van der Waals surface area contributed by atoms with Gasteiger partial charge in [0.15, 0.2) is 5.17 Å². The number of methoxy groups -OCH3 is 2. The maximum Gasteiger partial charge on any atom is 0.242 e. The molecule has 2 aromatic carbocycles. The minimum Gasteiger partial charge on any atom is -0.497 e. The van der Waals surface area contributed by atoms with Gasteiger partial charge in [-0.2, -0.15) is 0 Å². The van der Waals surface area contributed by atoms with Crippen LogP contribution in [0, 0.1) is 0 Å². The lowest BCUT2D eigenvalue weighted by Gasteiger charge is -2.09. The quantitative estimate of drug-likeness (QED) is 0.806. The molecule has 0 aromatic heterocycles. The molecule has 7 nitrogen and oxygen atoms in total. The van der Waals surface area contributed by atoms with E-state index in [1.807, 2.05) is 12.1 Å². The van der Waals surface area contributed by atoms with Crippen LogP contribution < -0.4 is 14.8 Å². The predicted octanol–water partition coefficient (Wildman–Crippen LogP) is 3.29. The normalized spacial score (nSPS) is 17.7. The summed E-state index contributed by atoms with van der Waals surface area (Å²) in [6, 6.07) is 14.3. The van der Waals surface area contributed by atoms with Crippen molar-refractivity contribution in [2.75, 3.05) is 26.6 Å². The molecule has 1 fully saturated rings. The maximum absolute atomic E-state index is 12.5. The van der Waals surface area contributed by atoms with E-state index in [1.165, 1.54) is 16.7 Å². The number of carbonyl (C=O) groups excluding carboxylic acids is 2. The Hall–Kier alpha value is -3.00. The highest BCUT2D eigenvalue weighted by Crippen LogP contribution is 2.31. The molecule has 8 heteroatoms. The van der Waals surface area contributed by atoms with Crippen LogP contribution in [0.5, 0.6) is 11.5 Å². The summed E-state index contributed by atoms with van der Waals surface area (Å²) in [5, 5.41) is 2.87. The molecule has 0 spiro atoms. The Morgan fingerprint density at radius 2 is 1.64 bits per heavy atom. The van der Waals surface area contributed by atoms with Gasteiger partial charge in [0.25, 0.3) is 0 Å². The fourth-order valence-corrected chi connectivity index (χ4v) is 3.77. The van der Waals surface area contributed by atoms with Gasteiger partial charge in [0.05, 0.1) is 19.9 Å². The van der Waals surface area contributed by atoms with Crippen LogP contribution in [0.15, 0.2) is 53.5 Å². The minimum absolute atomic E-state index is 0.0709. The van der Waals surface area contributed by atoms with Crippen LogP contribution in [0.2, 0.25) is 0 Å². The molecule has 1 atom stereocenters. The molecular weight excluding hydrogens is 378 g/mol. The largest absolute Gasteiger partial charge is 0.497 e. The SMILES string of the molecule is COc1ccc(N=C2S[C@@H](CC(=O)Nc3ccc(OC)cc3)C(=O)N2C)cc1. The first-order valence-corrected chi connectivity index (χ1v) is 9.49. The zero-order chi connectivity index (χ0) is 20.1. The Bertz CT molecular complexity index is 881. The second-order valence-electron chi connectivity index (χ2n) is 6.08. The van der Waals surface area contributed by atoms with Crippen molar-refractivity contribution in [1.29, 1.82) is 0 Å². The number of thioether (sulfide) groups is 1. The molecule has 1 N–H and O–H groups in total. The lowest BCUT2D eigenvalue weighted by Crippen LogP contribution is -2.30. The lowest BCUT2D eigenvalue weighted by molar-refractivity contribution is -0.127. The van der Waals surface area contributed by atoms with Crippen LogP contribution >= 0.6 is 11.8 Å². The number of amides is 2. The molecule has 2 amide bonds. The Morgan fingerprint density at radius 3 is 2.21 bits per heavy atom. The molecule has 2 aromatic rings. The second-order valence-corrected chi connectivity index (χ2v) is 7.25. The van der Waals surface area contributed by atoms with Crippen LogP contribution in [0.3, 0.4) is 0 Å². The summed E-state index contributed by atoms with van der Waals surface area (Å²) >= 11 is 1.29. The summed E-state index contributed by atoms with van der Waals surface area (Å²) in [4.78, 5) is 30.8. The lowest BCUT2D eigenvalue weighted by atomic mass is 10.2. The van der Waals surface area contributed by atoms with Gasteiger partial charge in [0.2, 0.25) is 11.8 Å². The second kappa shape index (κ2) is 8.79. The molecule has 3 rings (SSSR count). The Kier molecular flexibility index (Phi) is 6.20. The van der Waals surface area contributed by atoms with Crippen LogP contribution in [-0.2, 0) is 9.59 Å². The molecule has 1 aliphatic heterocycles. The van der Waals surface area contributed by atoms with Crippen LogP contribution in [0.25, 0.3) is 0 Å². The average molecular weight is 399 g/mol. The summed E-state index contributed by atoms with van der Waals surface area (Å²) in [7, 11) is 4.85. The number of carbonyl (C=O) groups is 2. The van der Waals surface area contributed by atoms with Gasteiger partial charge < -0.3 is 14.8 Å². The van der Waals surface area contributed by atoms with Gasteiger partial charge in [-0.15, -0.1) is 0 Å². The van der Waals surface area contributed by atoms with E-state index >= 15 is 0 Å². The summed E-state index contributed by atoms with van der Waals surface area (Å²) in [5.41, 5.74) is 1.37. The summed E-state index contributed by atoms with van der Waals surface area (Å²) in [6.07, 6.45) is 0.0709. The first-order chi connectivity index (χ1) is 13.5. The standard InChI is InChI=1S/C20H21N3O4S/c1-23-19(25)17(12-18(24)21-13-4-8-15(26-2)9-5-13)28-20(23)22-14-6-10-16(27-3)11-7-14/h4-11,17H,12H2,1-3H3,(H,21,24)/t17-/m0/s1. The van der Waals surface area contributed by atoms with Crippen molar-refractivity contribution in [1.82, 2.24) is 4.90 Å². The summed E-state index contributed by atoms with van der Waals surface area (Å²) in [6.45, 7) is 0. The molecule has 0 unspecified atom stereocenters. The number of hydrogen-bond acceptors (Lipinski definition) is 6. The number of benzene rings is 2. The number of anilines is 1. The molecule has 0 bridgehead atoms. The van der Waals surface area contributed by atoms with Gasteiger partial charge >= 0.3 is 0 Å².